The van der Waals surface area contributed by atoms with Gasteiger partial charge in [0.1, 0.15) is 5.75 Å². The summed E-state index contributed by atoms with van der Waals surface area (Å²) in [5.74, 6) is 0.0151. The fourth-order valence-electron chi connectivity index (χ4n) is 1.36. The Morgan fingerprint density at radius 2 is 2.00 bits per heavy atom. The zero-order valence-corrected chi connectivity index (χ0v) is 8.82. The van der Waals surface area contributed by atoms with Crippen molar-refractivity contribution in [2.45, 2.75) is 25.6 Å². The Hall–Kier alpha value is -0.900. The van der Waals surface area contributed by atoms with E-state index in [1.165, 1.54) is 12.1 Å². The fraction of sp³-hybridized carbons (Fsp3) is 0.400. The van der Waals surface area contributed by atoms with Crippen LogP contribution in [0.15, 0.2) is 18.2 Å². The standard InChI is InChI=1S/C10H10ClF3O/c1-2-8-7(6-11)4-3-5-9(8)15-10(12,13)14/h3-5H,2,6H2,1H3. The van der Waals surface area contributed by atoms with Gasteiger partial charge < -0.3 is 4.74 Å². The van der Waals surface area contributed by atoms with Crippen molar-refractivity contribution in [3.63, 3.8) is 0 Å². The van der Waals surface area contributed by atoms with Crippen LogP contribution in [0.4, 0.5) is 13.2 Å². The summed E-state index contributed by atoms with van der Waals surface area (Å²) in [6.07, 6.45) is -4.21. The van der Waals surface area contributed by atoms with Crippen molar-refractivity contribution in [2.24, 2.45) is 0 Å². The predicted octanol–water partition coefficient (Wildman–Crippen LogP) is 3.89. The van der Waals surface area contributed by atoms with Crippen molar-refractivity contribution in [3.05, 3.63) is 29.3 Å². The van der Waals surface area contributed by atoms with Crippen molar-refractivity contribution in [2.75, 3.05) is 0 Å². The molecule has 0 heterocycles. The van der Waals surface area contributed by atoms with E-state index in [0.717, 1.165) is 0 Å². The van der Waals surface area contributed by atoms with E-state index in [1.54, 1.807) is 13.0 Å². The zero-order chi connectivity index (χ0) is 11.5. The second kappa shape index (κ2) is 4.75. The summed E-state index contributed by atoms with van der Waals surface area (Å²) in [6.45, 7) is 1.76. The molecule has 0 fully saturated rings. The molecule has 0 radical (unpaired) electrons. The first-order valence-corrected chi connectivity index (χ1v) is 4.94. The van der Waals surface area contributed by atoms with E-state index in [9.17, 15) is 13.2 Å². The van der Waals surface area contributed by atoms with Crippen molar-refractivity contribution in [1.82, 2.24) is 0 Å². The zero-order valence-electron chi connectivity index (χ0n) is 8.07. The van der Waals surface area contributed by atoms with E-state index in [2.05, 4.69) is 4.74 Å². The summed E-state index contributed by atoms with van der Waals surface area (Å²) >= 11 is 5.62. The quantitative estimate of drug-likeness (QED) is 0.726. The molecule has 0 spiro atoms. The van der Waals surface area contributed by atoms with Crippen molar-refractivity contribution < 1.29 is 17.9 Å². The Labute approximate surface area is 90.8 Å². The molecule has 0 atom stereocenters. The average molecular weight is 239 g/mol. The lowest BCUT2D eigenvalue weighted by Crippen LogP contribution is -2.18. The molecule has 5 heteroatoms. The Morgan fingerprint density at radius 1 is 1.33 bits per heavy atom. The van der Waals surface area contributed by atoms with E-state index < -0.39 is 6.36 Å². The number of benzene rings is 1. The highest BCUT2D eigenvalue weighted by Crippen LogP contribution is 2.29. The Kier molecular flexibility index (Phi) is 3.85. The number of rotatable bonds is 3. The van der Waals surface area contributed by atoms with Gasteiger partial charge in [-0.3, -0.25) is 0 Å². The number of ether oxygens (including phenoxy) is 1. The predicted molar refractivity (Wildman–Crippen MR) is 52.1 cm³/mol. The number of alkyl halides is 4. The Balaban J connectivity index is 3.06. The number of halogens is 4. The van der Waals surface area contributed by atoms with Gasteiger partial charge in [0.2, 0.25) is 0 Å². The lowest BCUT2D eigenvalue weighted by molar-refractivity contribution is -0.274. The van der Waals surface area contributed by atoms with E-state index in [-0.39, 0.29) is 11.6 Å². The van der Waals surface area contributed by atoms with E-state index in [4.69, 9.17) is 11.6 Å². The molecule has 0 aromatic heterocycles. The minimum absolute atomic E-state index is 0.164. The van der Waals surface area contributed by atoms with Gasteiger partial charge in [0.15, 0.2) is 0 Å². The second-order valence-corrected chi connectivity index (χ2v) is 3.20. The van der Waals surface area contributed by atoms with Gasteiger partial charge in [-0.2, -0.15) is 0 Å². The molecule has 0 saturated carbocycles. The molecule has 15 heavy (non-hydrogen) atoms. The van der Waals surface area contributed by atoms with Gasteiger partial charge in [-0.1, -0.05) is 19.1 Å². The summed E-state index contributed by atoms with van der Waals surface area (Å²) in [5.41, 5.74) is 1.17. The molecule has 0 saturated heterocycles. The molecule has 1 nitrogen and oxygen atoms in total. The van der Waals surface area contributed by atoms with Crippen LogP contribution in [0, 0.1) is 0 Å². The summed E-state index contributed by atoms with van der Waals surface area (Å²) in [4.78, 5) is 0. The molecular formula is C10H10ClF3O. The van der Waals surface area contributed by atoms with Crippen LogP contribution >= 0.6 is 11.6 Å². The van der Waals surface area contributed by atoms with Gasteiger partial charge in [0.05, 0.1) is 0 Å². The van der Waals surface area contributed by atoms with E-state index in [0.29, 0.717) is 17.5 Å². The van der Waals surface area contributed by atoms with Gasteiger partial charge in [0.25, 0.3) is 0 Å². The minimum atomic E-state index is -4.66. The highest BCUT2D eigenvalue weighted by Gasteiger charge is 2.32. The van der Waals surface area contributed by atoms with Gasteiger partial charge in [-0.25, -0.2) is 0 Å². The summed E-state index contributed by atoms with van der Waals surface area (Å²) < 4.78 is 40.0. The maximum absolute atomic E-state index is 12.0. The van der Waals surface area contributed by atoms with Gasteiger partial charge in [-0.05, 0) is 23.6 Å². The highest BCUT2D eigenvalue weighted by atomic mass is 35.5. The van der Waals surface area contributed by atoms with Crippen LogP contribution in [0.5, 0.6) is 5.75 Å². The maximum atomic E-state index is 12.0. The average Bonchev–Trinajstić information content (AvgIpc) is 2.15. The molecule has 0 aliphatic heterocycles. The largest absolute Gasteiger partial charge is 0.573 e. The Bertz CT molecular complexity index is 336. The van der Waals surface area contributed by atoms with Crippen LogP contribution in [0.2, 0.25) is 0 Å². The van der Waals surface area contributed by atoms with Crippen molar-refractivity contribution in [1.29, 1.82) is 0 Å². The minimum Gasteiger partial charge on any atom is -0.405 e. The van der Waals surface area contributed by atoms with Crippen LogP contribution in [-0.4, -0.2) is 6.36 Å². The topological polar surface area (TPSA) is 9.23 Å². The van der Waals surface area contributed by atoms with Gasteiger partial charge in [-0.15, -0.1) is 24.8 Å². The van der Waals surface area contributed by atoms with Gasteiger partial charge >= 0.3 is 6.36 Å². The number of hydrogen-bond donors (Lipinski definition) is 0. The molecule has 0 bridgehead atoms. The first-order valence-electron chi connectivity index (χ1n) is 4.40. The van der Waals surface area contributed by atoms with Crippen LogP contribution in [0.25, 0.3) is 0 Å². The molecular weight excluding hydrogens is 229 g/mol. The van der Waals surface area contributed by atoms with Gasteiger partial charge in [0, 0.05) is 5.88 Å². The van der Waals surface area contributed by atoms with Crippen molar-refractivity contribution >= 4 is 11.6 Å². The van der Waals surface area contributed by atoms with E-state index in [1.807, 2.05) is 0 Å². The highest BCUT2D eigenvalue weighted by molar-refractivity contribution is 6.17. The van der Waals surface area contributed by atoms with E-state index >= 15 is 0 Å². The SMILES string of the molecule is CCc1c(CCl)cccc1OC(F)(F)F. The molecule has 0 aliphatic carbocycles. The molecule has 0 unspecified atom stereocenters. The van der Waals surface area contributed by atoms with Crippen LogP contribution in [-0.2, 0) is 12.3 Å². The molecule has 0 aliphatic rings. The first kappa shape index (κ1) is 12.2. The summed E-state index contributed by atoms with van der Waals surface area (Å²) in [6, 6.07) is 4.48. The molecule has 84 valence electrons. The first-order chi connectivity index (χ1) is 6.98. The molecule has 1 aromatic carbocycles. The molecule has 1 rings (SSSR count). The lowest BCUT2D eigenvalue weighted by atomic mass is 10.1. The van der Waals surface area contributed by atoms with Crippen molar-refractivity contribution in [3.8, 4) is 5.75 Å². The molecule has 0 amide bonds. The maximum Gasteiger partial charge on any atom is 0.573 e. The third-order valence-corrected chi connectivity index (χ3v) is 2.24. The lowest BCUT2D eigenvalue weighted by Gasteiger charge is -2.14. The fourth-order valence-corrected chi connectivity index (χ4v) is 1.61. The van der Waals surface area contributed by atoms with Crippen LogP contribution < -0.4 is 4.74 Å². The third-order valence-electron chi connectivity index (χ3n) is 1.95. The summed E-state index contributed by atoms with van der Waals surface area (Å²) in [5, 5.41) is 0. The normalized spacial score (nSPS) is 11.5. The second-order valence-electron chi connectivity index (χ2n) is 2.93. The monoisotopic (exact) mass is 238 g/mol. The smallest absolute Gasteiger partial charge is 0.405 e. The summed E-state index contributed by atoms with van der Waals surface area (Å²) in [7, 11) is 0. The van der Waals surface area contributed by atoms with Crippen LogP contribution in [0.1, 0.15) is 18.1 Å². The van der Waals surface area contributed by atoms with Crippen LogP contribution in [0.3, 0.4) is 0 Å². The number of hydrogen-bond acceptors (Lipinski definition) is 1. The Morgan fingerprint density at radius 3 is 2.47 bits per heavy atom. The third kappa shape index (κ3) is 3.30. The molecule has 1 aromatic rings. The molecule has 0 N–H and O–H groups in total.